The van der Waals surface area contributed by atoms with E-state index in [-0.39, 0.29) is 0 Å². The molecule has 0 aliphatic rings. The first-order valence-corrected chi connectivity index (χ1v) is 4.27. The molecule has 0 saturated heterocycles. The van der Waals surface area contributed by atoms with Crippen molar-refractivity contribution in [3.63, 3.8) is 0 Å². The normalized spacial score (nSPS) is 11.2. The molecule has 13 heavy (non-hydrogen) atoms. The highest BCUT2D eigenvalue weighted by Gasteiger charge is 1.97. The van der Waals surface area contributed by atoms with Crippen LogP contribution in [0.5, 0.6) is 0 Å². The highest BCUT2D eigenvalue weighted by Crippen LogP contribution is 2.01. The molecule has 0 fully saturated rings. The first-order chi connectivity index (χ1) is 6.38. The van der Waals surface area contributed by atoms with E-state index >= 15 is 0 Å². The molecule has 4 nitrogen and oxygen atoms in total. The van der Waals surface area contributed by atoms with E-state index in [0.717, 1.165) is 25.3 Å². The van der Waals surface area contributed by atoms with Gasteiger partial charge in [-0.2, -0.15) is 5.10 Å². The van der Waals surface area contributed by atoms with Crippen molar-refractivity contribution in [2.45, 2.75) is 13.0 Å². The number of aromatic nitrogens is 2. The Kier molecular flexibility index (Phi) is 4.05. The second-order valence-corrected chi connectivity index (χ2v) is 2.68. The summed E-state index contributed by atoms with van der Waals surface area (Å²) in [5.74, 6) is 0. The number of hydrogen-bond donors (Lipinski definition) is 1. The molecule has 0 aromatic carbocycles. The van der Waals surface area contributed by atoms with Crippen LogP contribution in [0.1, 0.15) is 12.1 Å². The first-order valence-electron chi connectivity index (χ1n) is 4.27. The summed E-state index contributed by atoms with van der Waals surface area (Å²) in [4.78, 5) is 0. The van der Waals surface area contributed by atoms with Gasteiger partial charge in [-0.1, -0.05) is 0 Å². The zero-order valence-corrected chi connectivity index (χ0v) is 7.81. The number of rotatable bonds is 5. The molecule has 2 N–H and O–H groups in total. The van der Waals surface area contributed by atoms with Crippen molar-refractivity contribution in [2.24, 2.45) is 5.73 Å². The SMILES string of the molecule is COCCCn1nccc1/C=C/N. The van der Waals surface area contributed by atoms with Crippen LogP contribution in [0.15, 0.2) is 18.5 Å². The molecular formula is C9H15N3O. The van der Waals surface area contributed by atoms with Crippen LogP contribution in [-0.2, 0) is 11.3 Å². The lowest BCUT2D eigenvalue weighted by molar-refractivity contribution is 0.189. The minimum Gasteiger partial charge on any atom is -0.405 e. The van der Waals surface area contributed by atoms with Gasteiger partial charge in [0.15, 0.2) is 0 Å². The monoisotopic (exact) mass is 181 g/mol. The minimum absolute atomic E-state index is 0.756. The molecule has 0 atom stereocenters. The Morgan fingerprint density at radius 2 is 2.54 bits per heavy atom. The van der Waals surface area contributed by atoms with Crippen LogP contribution < -0.4 is 5.73 Å². The Morgan fingerprint density at radius 1 is 1.69 bits per heavy atom. The third kappa shape index (κ3) is 2.91. The Balaban J connectivity index is 2.50. The van der Waals surface area contributed by atoms with E-state index in [4.69, 9.17) is 10.5 Å². The van der Waals surface area contributed by atoms with Crippen LogP contribution in [0.2, 0.25) is 0 Å². The maximum atomic E-state index is 5.30. The Morgan fingerprint density at radius 3 is 3.23 bits per heavy atom. The predicted octanol–water partition coefficient (Wildman–Crippen LogP) is 0.849. The van der Waals surface area contributed by atoms with Crippen molar-refractivity contribution >= 4 is 6.08 Å². The van der Waals surface area contributed by atoms with Crippen LogP contribution in [0.25, 0.3) is 6.08 Å². The summed E-state index contributed by atoms with van der Waals surface area (Å²) in [6.45, 7) is 1.62. The maximum absolute atomic E-state index is 5.30. The number of ether oxygens (including phenoxy) is 1. The summed E-state index contributed by atoms with van der Waals surface area (Å²) in [6, 6.07) is 1.93. The molecule has 0 saturated carbocycles. The van der Waals surface area contributed by atoms with Gasteiger partial charge in [-0.25, -0.2) is 0 Å². The average Bonchev–Trinajstić information content (AvgIpc) is 2.54. The molecule has 0 radical (unpaired) electrons. The van der Waals surface area contributed by atoms with Gasteiger partial charge in [0.05, 0.1) is 5.69 Å². The summed E-state index contributed by atoms with van der Waals surface area (Å²) in [7, 11) is 1.70. The molecule has 0 amide bonds. The highest BCUT2D eigenvalue weighted by molar-refractivity contribution is 5.43. The average molecular weight is 181 g/mol. The summed E-state index contributed by atoms with van der Waals surface area (Å²) in [6.07, 6.45) is 6.08. The van der Waals surface area contributed by atoms with Gasteiger partial charge in [0.25, 0.3) is 0 Å². The molecule has 0 spiro atoms. The zero-order chi connectivity index (χ0) is 9.52. The Bertz CT molecular complexity index is 268. The molecule has 1 aromatic rings. The lowest BCUT2D eigenvalue weighted by Crippen LogP contribution is -2.04. The van der Waals surface area contributed by atoms with E-state index in [1.807, 2.05) is 16.8 Å². The summed E-state index contributed by atoms with van der Waals surface area (Å²) in [5.41, 5.74) is 6.32. The van der Waals surface area contributed by atoms with Crippen molar-refractivity contribution in [2.75, 3.05) is 13.7 Å². The fraction of sp³-hybridized carbons (Fsp3) is 0.444. The van der Waals surface area contributed by atoms with Gasteiger partial charge in [0.1, 0.15) is 0 Å². The van der Waals surface area contributed by atoms with Gasteiger partial charge in [-0.15, -0.1) is 0 Å². The fourth-order valence-electron chi connectivity index (χ4n) is 1.13. The molecule has 72 valence electrons. The molecule has 0 aliphatic heterocycles. The second-order valence-electron chi connectivity index (χ2n) is 2.68. The van der Waals surface area contributed by atoms with E-state index in [0.29, 0.717) is 0 Å². The maximum Gasteiger partial charge on any atom is 0.0624 e. The van der Waals surface area contributed by atoms with Crippen LogP contribution in [-0.4, -0.2) is 23.5 Å². The van der Waals surface area contributed by atoms with Crippen LogP contribution >= 0.6 is 0 Å². The Labute approximate surface area is 78.0 Å². The molecular weight excluding hydrogens is 166 g/mol. The van der Waals surface area contributed by atoms with Gasteiger partial charge in [-0.3, -0.25) is 4.68 Å². The van der Waals surface area contributed by atoms with Gasteiger partial charge in [0, 0.05) is 26.5 Å². The number of methoxy groups -OCH3 is 1. The largest absolute Gasteiger partial charge is 0.405 e. The van der Waals surface area contributed by atoms with Gasteiger partial charge < -0.3 is 10.5 Å². The Hall–Kier alpha value is -1.29. The molecule has 1 aromatic heterocycles. The van der Waals surface area contributed by atoms with Crippen molar-refractivity contribution < 1.29 is 4.74 Å². The highest BCUT2D eigenvalue weighted by atomic mass is 16.5. The molecule has 0 aliphatic carbocycles. The van der Waals surface area contributed by atoms with Crippen molar-refractivity contribution in [1.82, 2.24) is 9.78 Å². The zero-order valence-electron chi connectivity index (χ0n) is 7.81. The third-order valence-electron chi connectivity index (χ3n) is 1.73. The molecule has 4 heteroatoms. The van der Waals surface area contributed by atoms with Crippen LogP contribution in [0, 0.1) is 0 Å². The fourth-order valence-corrected chi connectivity index (χ4v) is 1.13. The van der Waals surface area contributed by atoms with Gasteiger partial charge >= 0.3 is 0 Å². The van der Waals surface area contributed by atoms with Gasteiger partial charge in [0.2, 0.25) is 0 Å². The lowest BCUT2D eigenvalue weighted by Gasteiger charge is -2.03. The number of nitrogens with two attached hydrogens (primary N) is 1. The van der Waals surface area contributed by atoms with E-state index in [1.165, 1.54) is 6.20 Å². The number of aryl methyl sites for hydroxylation is 1. The predicted molar refractivity (Wildman–Crippen MR) is 51.9 cm³/mol. The minimum atomic E-state index is 0.756. The standard InChI is InChI=1S/C9H15N3O/c1-13-8-2-7-12-9(3-5-10)4-6-11-12/h3-6H,2,7-8,10H2,1H3/b5-3+. The van der Waals surface area contributed by atoms with Crippen LogP contribution in [0.3, 0.4) is 0 Å². The molecule has 1 heterocycles. The van der Waals surface area contributed by atoms with E-state index in [2.05, 4.69) is 5.10 Å². The van der Waals surface area contributed by atoms with Gasteiger partial charge in [-0.05, 0) is 24.8 Å². The van der Waals surface area contributed by atoms with Crippen molar-refractivity contribution in [3.8, 4) is 0 Å². The molecule has 1 rings (SSSR count). The van der Waals surface area contributed by atoms with Crippen LogP contribution in [0.4, 0.5) is 0 Å². The number of nitrogens with zero attached hydrogens (tertiary/aromatic N) is 2. The van der Waals surface area contributed by atoms with Crippen molar-refractivity contribution in [3.05, 3.63) is 24.2 Å². The third-order valence-corrected chi connectivity index (χ3v) is 1.73. The number of hydrogen-bond acceptors (Lipinski definition) is 3. The summed E-state index contributed by atoms with van der Waals surface area (Å²) >= 11 is 0. The lowest BCUT2D eigenvalue weighted by atomic mass is 10.4. The second kappa shape index (κ2) is 5.37. The molecule has 0 bridgehead atoms. The van der Waals surface area contributed by atoms with E-state index in [1.54, 1.807) is 13.3 Å². The summed E-state index contributed by atoms with van der Waals surface area (Å²) < 4.78 is 6.86. The molecule has 0 unspecified atom stereocenters. The summed E-state index contributed by atoms with van der Waals surface area (Å²) in [5, 5.41) is 4.16. The van der Waals surface area contributed by atoms with Crippen molar-refractivity contribution in [1.29, 1.82) is 0 Å². The first kappa shape index (κ1) is 9.80. The van der Waals surface area contributed by atoms with E-state index in [9.17, 15) is 0 Å². The smallest absolute Gasteiger partial charge is 0.0624 e. The van der Waals surface area contributed by atoms with E-state index < -0.39 is 0 Å². The topological polar surface area (TPSA) is 53.1 Å². The quantitative estimate of drug-likeness (QED) is 0.685.